The van der Waals surface area contributed by atoms with Gasteiger partial charge in [-0.2, -0.15) is 5.10 Å². The lowest BCUT2D eigenvalue weighted by Crippen LogP contribution is -2.34. The summed E-state index contributed by atoms with van der Waals surface area (Å²) in [7, 11) is 1.53. The number of furan rings is 1. The first-order valence-electron chi connectivity index (χ1n) is 9.20. The Balaban J connectivity index is 1.68. The summed E-state index contributed by atoms with van der Waals surface area (Å²) in [6.45, 7) is 2.56. The van der Waals surface area contributed by atoms with Gasteiger partial charge in [0.2, 0.25) is 5.89 Å². The van der Waals surface area contributed by atoms with Crippen LogP contribution in [0.15, 0.2) is 56.3 Å². The second-order valence-electron chi connectivity index (χ2n) is 6.53. The highest BCUT2D eigenvalue weighted by Crippen LogP contribution is 2.20. The quantitative estimate of drug-likeness (QED) is 0.495. The third-order valence-electron chi connectivity index (χ3n) is 4.46. The number of carbonyl (C=O) groups excluding carboxylic acids is 1. The molecule has 148 valence electrons. The van der Waals surface area contributed by atoms with E-state index in [1.807, 2.05) is 6.92 Å². The van der Waals surface area contributed by atoms with Crippen LogP contribution in [0.5, 0.6) is 0 Å². The van der Waals surface area contributed by atoms with Gasteiger partial charge < -0.3 is 13.7 Å². The Morgan fingerprint density at radius 1 is 1.14 bits per heavy atom. The first-order chi connectivity index (χ1) is 14.1. The smallest absolute Gasteiger partial charge is 0.283 e. The van der Waals surface area contributed by atoms with Crippen LogP contribution in [0.3, 0.4) is 0 Å². The van der Waals surface area contributed by atoms with Crippen molar-refractivity contribution in [1.29, 1.82) is 0 Å². The van der Waals surface area contributed by atoms with E-state index in [1.54, 1.807) is 41.3 Å². The van der Waals surface area contributed by atoms with Gasteiger partial charge in [0.25, 0.3) is 17.4 Å². The maximum atomic E-state index is 13.3. The van der Waals surface area contributed by atoms with Crippen molar-refractivity contribution in [2.75, 3.05) is 6.54 Å². The molecule has 3 aromatic heterocycles. The molecule has 0 radical (unpaired) electrons. The minimum atomic E-state index is -0.309. The summed E-state index contributed by atoms with van der Waals surface area (Å²) >= 11 is 0. The second-order valence-corrected chi connectivity index (χ2v) is 6.53. The van der Waals surface area contributed by atoms with Crippen molar-refractivity contribution in [3.05, 3.63) is 64.6 Å². The van der Waals surface area contributed by atoms with Gasteiger partial charge in [-0.05, 0) is 24.6 Å². The van der Waals surface area contributed by atoms with Crippen LogP contribution >= 0.6 is 0 Å². The molecule has 4 rings (SSSR count). The molecular weight excluding hydrogens is 374 g/mol. The van der Waals surface area contributed by atoms with Gasteiger partial charge in [-0.3, -0.25) is 9.59 Å². The number of benzene rings is 1. The zero-order chi connectivity index (χ0) is 20.4. The molecule has 29 heavy (non-hydrogen) atoms. The van der Waals surface area contributed by atoms with E-state index in [1.165, 1.54) is 18.0 Å². The molecule has 0 spiro atoms. The largest absolute Gasteiger partial charge is 0.459 e. The zero-order valence-electron chi connectivity index (χ0n) is 16.0. The average molecular weight is 393 g/mol. The van der Waals surface area contributed by atoms with Gasteiger partial charge in [-0.25, -0.2) is 4.68 Å². The fraction of sp³-hybridized carbons (Fsp3) is 0.250. The molecule has 0 unspecified atom stereocenters. The molecule has 0 aliphatic rings. The van der Waals surface area contributed by atoms with Crippen molar-refractivity contribution in [2.24, 2.45) is 7.05 Å². The molecule has 0 bridgehead atoms. The molecule has 1 aromatic carbocycles. The van der Waals surface area contributed by atoms with Crippen LogP contribution in [0.4, 0.5) is 0 Å². The lowest BCUT2D eigenvalue weighted by molar-refractivity contribution is 0.0722. The summed E-state index contributed by atoms with van der Waals surface area (Å²) in [5, 5.41) is 13.2. The van der Waals surface area contributed by atoms with Gasteiger partial charge in [-0.15, -0.1) is 10.2 Å². The molecule has 0 atom stereocenters. The van der Waals surface area contributed by atoms with Crippen molar-refractivity contribution in [1.82, 2.24) is 24.9 Å². The normalized spacial score (nSPS) is 11.1. The summed E-state index contributed by atoms with van der Waals surface area (Å²) < 4.78 is 12.1. The molecule has 0 N–H and O–H groups in total. The predicted octanol–water partition coefficient (Wildman–Crippen LogP) is 2.63. The molecule has 0 saturated carbocycles. The van der Waals surface area contributed by atoms with Gasteiger partial charge in [0.05, 0.1) is 18.2 Å². The predicted molar refractivity (Wildman–Crippen MR) is 104 cm³/mol. The van der Waals surface area contributed by atoms with Crippen LogP contribution in [0, 0.1) is 0 Å². The highest BCUT2D eigenvalue weighted by atomic mass is 16.4. The van der Waals surface area contributed by atoms with E-state index in [9.17, 15) is 9.59 Å². The Morgan fingerprint density at radius 3 is 2.66 bits per heavy atom. The van der Waals surface area contributed by atoms with Gasteiger partial charge >= 0.3 is 0 Å². The van der Waals surface area contributed by atoms with Crippen molar-refractivity contribution < 1.29 is 13.6 Å². The van der Waals surface area contributed by atoms with E-state index in [2.05, 4.69) is 15.3 Å². The molecular formula is C20H19N5O4. The minimum Gasteiger partial charge on any atom is -0.459 e. The fourth-order valence-corrected chi connectivity index (χ4v) is 3.11. The molecule has 4 aromatic rings. The fourth-order valence-electron chi connectivity index (χ4n) is 3.11. The first-order valence-corrected chi connectivity index (χ1v) is 9.20. The molecule has 0 saturated heterocycles. The molecule has 9 nitrogen and oxygen atoms in total. The minimum absolute atomic E-state index is 0.124. The van der Waals surface area contributed by atoms with Crippen LogP contribution < -0.4 is 5.56 Å². The Hall–Kier alpha value is -3.75. The standard InChI is InChI=1S/C20H19N5O4/c1-3-10-25(12-16-21-22-18(29-16)15-9-6-11-28-15)20(27)17-13-7-4-5-8-14(13)19(26)24(2)23-17/h4-9,11H,3,10,12H2,1-2H3. The monoisotopic (exact) mass is 393 g/mol. The number of fused-ring (bicyclic) bond motifs is 1. The number of carbonyl (C=O) groups is 1. The van der Waals surface area contributed by atoms with Crippen LogP contribution in [-0.2, 0) is 13.6 Å². The number of rotatable bonds is 6. The third-order valence-corrected chi connectivity index (χ3v) is 4.46. The topological polar surface area (TPSA) is 107 Å². The summed E-state index contributed by atoms with van der Waals surface area (Å²) in [5.74, 6) is 0.686. The molecule has 0 aliphatic heterocycles. The number of hydrogen-bond acceptors (Lipinski definition) is 7. The van der Waals surface area contributed by atoms with Crippen molar-refractivity contribution >= 4 is 16.7 Å². The van der Waals surface area contributed by atoms with E-state index in [0.717, 1.165) is 6.42 Å². The van der Waals surface area contributed by atoms with Crippen LogP contribution in [0.25, 0.3) is 22.4 Å². The van der Waals surface area contributed by atoms with Crippen molar-refractivity contribution in [3.63, 3.8) is 0 Å². The highest BCUT2D eigenvalue weighted by Gasteiger charge is 2.23. The maximum absolute atomic E-state index is 13.3. The average Bonchev–Trinajstić information content (AvgIpc) is 3.42. The third kappa shape index (κ3) is 3.54. The molecule has 3 heterocycles. The molecule has 1 amide bonds. The first kappa shape index (κ1) is 18.6. The van der Waals surface area contributed by atoms with E-state index < -0.39 is 0 Å². The Labute approximate surface area is 165 Å². The lowest BCUT2D eigenvalue weighted by atomic mass is 10.1. The van der Waals surface area contributed by atoms with E-state index >= 15 is 0 Å². The van der Waals surface area contributed by atoms with Crippen LogP contribution in [0.2, 0.25) is 0 Å². The lowest BCUT2D eigenvalue weighted by Gasteiger charge is -2.20. The van der Waals surface area contributed by atoms with E-state index in [0.29, 0.717) is 23.1 Å². The van der Waals surface area contributed by atoms with Gasteiger partial charge in [-0.1, -0.05) is 25.1 Å². The molecule has 9 heteroatoms. The van der Waals surface area contributed by atoms with E-state index in [-0.39, 0.29) is 35.5 Å². The Kier molecular flexibility index (Phi) is 4.94. The van der Waals surface area contributed by atoms with Crippen LogP contribution in [-0.4, -0.2) is 37.3 Å². The maximum Gasteiger partial charge on any atom is 0.283 e. The Morgan fingerprint density at radius 2 is 1.93 bits per heavy atom. The van der Waals surface area contributed by atoms with Crippen LogP contribution in [0.1, 0.15) is 29.7 Å². The highest BCUT2D eigenvalue weighted by molar-refractivity contribution is 6.04. The summed E-state index contributed by atoms with van der Waals surface area (Å²) in [6.07, 6.45) is 2.25. The Bertz CT molecular complexity index is 1210. The SMILES string of the molecule is CCCN(Cc1nnc(-c2ccco2)o1)C(=O)c1nn(C)c(=O)c2ccccc12. The number of nitrogens with zero attached hydrogens (tertiary/aromatic N) is 5. The number of aryl methyl sites for hydroxylation is 1. The summed E-state index contributed by atoms with van der Waals surface area (Å²) in [4.78, 5) is 27.2. The molecule has 0 aliphatic carbocycles. The van der Waals surface area contributed by atoms with Gasteiger partial charge in [0, 0.05) is 19.0 Å². The van der Waals surface area contributed by atoms with E-state index in [4.69, 9.17) is 8.83 Å². The second kappa shape index (κ2) is 7.70. The molecule has 0 fully saturated rings. The summed E-state index contributed by atoms with van der Waals surface area (Å²) in [6, 6.07) is 10.4. The van der Waals surface area contributed by atoms with Gasteiger partial charge in [0.1, 0.15) is 0 Å². The number of hydrogen-bond donors (Lipinski definition) is 0. The zero-order valence-corrected chi connectivity index (χ0v) is 16.0. The summed E-state index contributed by atoms with van der Waals surface area (Å²) in [5.41, 5.74) is -0.0406. The number of aromatic nitrogens is 4. The van der Waals surface area contributed by atoms with Crippen molar-refractivity contribution in [3.8, 4) is 11.7 Å². The van der Waals surface area contributed by atoms with Crippen molar-refractivity contribution in [2.45, 2.75) is 19.9 Å². The van der Waals surface area contributed by atoms with Gasteiger partial charge in [0.15, 0.2) is 11.5 Å². The number of amides is 1.